The molecule has 24 heavy (non-hydrogen) atoms. The van der Waals surface area contributed by atoms with E-state index in [4.69, 9.17) is 11.6 Å². The number of hydrogen-bond acceptors (Lipinski definition) is 4. The molecule has 1 heterocycles. The van der Waals surface area contributed by atoms with Gasteiger partial charge in [-0.25, -0.2) is 4.98 Å². The number of aromatic nitrogens is 2. The lowest BCUT2D eigenvalue weighted by Crippen LogP contribution is -2.19. The summed E-state index contributed by atoms with van der Waals surface area (Å²) in [7, 11) is 0. The van der Waals surface area contributed by atoms with Crippen molar-refractivity contribution in [1.29, 1.82) is 0 Å². The van der Waals surface area contributed by atoms with Gasteiger partial charge in [-0.15, -0.1) is 0 Å². The average molecular weight is 359 g/mol. The topological polar surface area (TPSA) is 49.8 Å². The molecule has 0 aliphatic rings. The Labute approximate surface area is 143 Å². The molecule has 2 rings (SSSR count). The highest BCUT2D eigenvalue weighted by molar-refractivity contribution is 6.30. The molecule has 0 aliphatic heterocycles. The van der Waals surface area contributed by atoms with Crippen LogP contribution in [-0.2, 0) is 12.7 Å². The summed E-state index contributed by atoms with van der Waals surface area (Å²) in [4.78, 5) is 7.66. The van der Waals surface area contributed by atoms with E-state index in [1.807, 2.05) is 13.8 Å². The van der Waals surface area contributed by atoms with Crippen LogP contribution in [-0.4, -0.2) is 16.0 Å². The van der Waals surface area contributed by atoms with Crippen molar-refractivity contribution >= 4 is 23.4 Å². The lowest BCUT2D eigenvalue weighted by Gasteiger charge is -2.15. The zero-order valence-electron chi connectivity index (χ0n) is 13.3. The van der Waals surface area contributed by atoms with Gasteiger partial charge in [0.25, 0.3) is 0 Å². The van der Waals surface area contributed by atoms with Crippen LogP contribution in [0.5, 0.6) is 0 Å². The second kappa shape index (κ2) is 7.70. The van der Waals surface area contributed by atoms with Gasteiger partial charge in [-0.1, -0.05) is 30.7 Å². The van der Waals surface area contributed by atoms with Gasteiger partial charge in [-0.2, -0.15) is 18.2 Å². The van der Waals surface area contributed by atoms with E-state index in [9.17, 15) is 13.2 Å². The summed E-state index contributed by atoms with van der Waals surface area (Å²) < 4.78 is 39.0. The van der Waals surface area contributed by atoms with Crippen molar-refractivity contribution in [2.45, 2.75) is 39.0 Å². The standard InChI is InChI=1S/C16H18ClF3N4/c1-3-10(2)22-15-23-13(16(18,19)20)8-14(24-15)21-9-11-4-6-12(17)7-5-11/h4-8,10H,3,9H2,1-2H3,(H2,21,22,23,24)/t10-/m1/s1. The molecular formula is C16H18ClF3N4. The summed E-state index contributed by atoms with van der Waals surface area (Å²) in [6.07, 6.45) is -3.79. The quantitative estimate of drug-likeness (QED) is 0.765. The fourth-order valence-electron chi connectivity index (χ4n) is 1.86. The first kappa shape index (κ1) is 18.3. The highest BCUT2D eigenvalue weighted by atomic mass is 35.5. The van der Waals surface area contributed by atoms with Crippen molar-refractivity contribution in [3.05, 3.63) is 46.6 Å². The van der Waals surface area contributed by atoms with E-state index >= 15 is 0 Å². The fraction of sp³-hybridized carbons (Fsp3) is 0.375. The number of halogens is 4. The minimum Gasteiger partial charge on any atom is -0.366 e. The van der Waals surface area contributed by atoms with Crippen molar-refractivity contribution in [3.63, 3.8) is 0 Å². The van der Waals surface area contributed by atoms with Crippen LogP contribution in [0.25, 0.3) is 0 Å². The molecule has 0 bridgehead atoms. The third kappa shape index (κ3) is 5.26. The van der Waals surface area contributed by atoms with Crippen molar-refractivity contribution < 1.29 is 13.2 Å². The second-order valence-electron chi connectivity index (χ2n) is 5.39. The van der Waals surface area contributed by atoms with E-state index in [0.717, 1.165) is 18.1 Å². The van der Waals surface area contributed by atoms with Gasteiger partial charge in [0.1, 0.15) is 5.82 Å². The first-order chi connectivity index (χ1) is 11.3. The minimum atomic E-state index is -4.54. The summed E-state index contributed by atoms with van der Waals surface area (Å²) >= 11 is 5.81. The summed E-state index contributed by atoms with van der Waals surface area (Å²) in [5.41, 5.74) is -0.107. The molecule has 1 atom stereocenters. The molecule has 0 amide bonds. The maximum Gasteiger partial charge on any atom is 0.433 e. The Morgan fingerprint density at radius 1 is 1.17 bits per heavy atom. The van der Waals surface area contributed by atoms with E-state index in [1.165, 1.54) is 0 Å². The third-order valence-electron chi connectivity index (χ3n) is 3.39. The summed E-state index contributed by atoms with van der Waals surface area (Å²) in [5.74, 6) is 0.0656. The summed E-state index contributed by atoms with van der Waals surface area (Å²) in [6, 6.07) is 7.89. The Morgan fingerprint density at radius 2 is 1.83 bits per heavy atom. The van der Waals surface area contributed by atoms with Gasteiger partial charge < -0.3 is 10.6 Å². The smallest absolute Gasteiger partial charge is 0.366 e. The second-order valence-corrected chi connectivity index (χ2v) is 5.83. The Hall–Kier alpha value is -2.02. The van der Waals surface area contributed by atoms with Gasteiger partial charge >= 0.3 is 6.18 Å². The molecule has 0 aliphatic carbocycles. The van der Waals surface area contributed by atoms with Crippen LogP contribution >= 0.6 is 11.6 Å². The number of hydrogen-bond donors (Lipinski definition) is 2. The molecule has 0 radical (unpaired) electrons. The zero-order valence-corrected chi connectivity index (χ0v) is 14.0. The van der Waals surface area contributed by atoms with Crippen LogP contribution in [0, 0.1) is 0 Å². The van der Waals surface area contributed by atoms with Crippen molar-refractivity contribution in [2.24, 2.45) is 0 Å². The van der Waals surface area contributed by atoms with Crippen molar-refractivity contribution in [2.75, 3.05) is 10.6 Å². The molecule has 2 aromatic rings. The van der Waals surface area contributed by atoms with Gasteiger partial charge in [0, 0.05) is 23.7 Å². The van der Waals surface area contributed by atoms with E-state index in [-0.39, 0.29) is 17.8 Å². The van der Waals surface area contributed by atoms with Crippen LogP contribution in [0.15, 0.2) is 30.3 Å². The molecule has 8 heteroatoms. The third-order valence-corrected chi connectivity index (χ3v) is 3.64. The number of anilines is 2. The Kier molecular flexibility index (Phi) is 5.88. The maximum absolute atomic E-state index is 13.0. The normalized spacial score (nSPS) is 12.8. The summed E-state index contributed by atoms with van der Waals surface area (Å²) in [5, 5.41) is 6.36. The Balaban J connectivity index is 2.20. The van der Waals surface area contributed by atoms with E-state index < -0.39 is 11.9 Å². The lowest BCUT2D eigenvalue weighted by atomic mass is 10.2. The van der Waals surface area contributed by atoms with Gasteiger partial charge in [-0.3, -0.25) is 0 Å². The van der Waals surface area contributed by atoms with Crippen LogP contribution in [0.4, 0.5) is 24.9 Å². The molecule has 0 saturated carbocycles. The summed E-state index contributed by atoms with van der Waals surface area (Å²) in [6.45, 7) is 4.10. The highest BCUT2D eigenvalue weighted by Crippen LogP contribution is 2.30. The molecule has 0 fully saturated rings. The molecular weight excluding hydrogens is 341 g/mol. The highest BCUT2D eigenvalue weighted by Gasteiger charge is 2.33. The van der Waals surface area contributed by atoms with Gasteiger partial charge in [0.05, 0.1) is 0 Å². The average Bonchev–Trinajstić information content (AvgIpc) is 2.53. The lowest BCUT2D eigenvalue weighted by molar-refractivity contribution is -0.141. The maximum atomic E-state index is 13.0. The molecule has 0 unspecified atom stereocenters. The van der Waals surface area contributed by atoms with Gasteiger partial charge in [0.15, 0.2) is 5.69 Å². The van der Waals surface area contributed by atoms with Crippen molar-refractivity contribution in [3.8, 4) is 0 Å². The van der Waals surface area contributed by atoms with Crippen LogP contribution < -0.4 is 10.6 Å². The molecule has 130 valence electrons. The molecule has 1 aromatic heterocycles. The largest absolute Gasteiger partial charge is 0.433 e. The molecule has 0 spiro atoms. The Morgan fingerprint density at radius 3 is 2.42 bits per heavy atom. The number of alkyl halides is 3. The predicted octanol–water partition coefficient (Wildman–Crippen LogP) is 4.97. The number of nitrogens with one attached hydrogen (secondary N) is 2. The Bertz CT molecular complexity index is 674. The van der Waals surface area contributed by atoms with Crippen LogP contribution in [0.1, 0.15) is 31.5 Å². The molecule has 4 nitrogen and oxygen atoms in total. The van der Waals surface area contributed by atoms with Crippen LogP contribution in [0.3, 0.4) is 0 Å². The molecule has 1 aromatic carbocycles. The number of benzene rings is 1. The minimum absolute atomic E-state index is 0.0300. The number of nitrogens with zero attached hydrogens (tertiary/aromatic N) is 2. The van der Waals surface area contributed by atoms with Gasteiger partial charge in [0.2, 0.25) is 5.95 Å². The fourth-order valence-corrected chi connectivity index (χ4v) is 1.99. The van der Waals surface area contributed by atoms with Crippen molar-refractivity contribution in [1.82, 2.24) is 9.97 Å². The molecule has 0 saturated heterocycles. The molecule has 2 N–H and O–H groups in total. The first-order valence-corrected chi connectivity index (χ1v) is 7.87. The van der Waals surface area contributed by atoms with E-state index in [2.05, 4.69) is 20.6 Å². The predicted molar refractivity (Wildman–Crippen MR) is 89.2 cm³/mol. The monoisotopic (exact) mass is 358 g/mol. The van der Waals surface area contributed by atoms with E-state index in [1.54, 1.807) is 24.3 Å². The van der Waals surface area contributed by atoms with E-state index in [0.29, 0.717) is 11.6 Å². The van der Waals surface area contributed by atoms with Gasteiger partial charge in [-0.05, 0) is 31.0 Å². The number of rotatable bonds is 6. The first-order valence-electron chi connectivity index (χ1n) is 7.49. The SMILES string of the molecule is CC[C@@H](C)Nc1nc(NCc2ccc(Cl)cc2)cc(C(F)(F)F)n1. The zero-order chi connectivity index (χ0) is 17.7. The van der Waals surface area contributed by atoms with Crippen LogP contribution in [0.2, 0.25) is 5.02 Å².